The molecule has 13 heavy (non-hydrogen) atoms. The lowest BCUT2D eigenvalue weighted by molar-refractivity contribution is -0.147. The van der Waals surface area contributed by atoms with Crippen molar-refractivity contribution < 1.29 is 14.6 Å². The zero-order chi connectivity index (χ0) is 9.42. The van der Waals surface area contributed by atoms with Crippen LogP contribution in [0, 0.1) is 11.8 Å². The molecule has 3 nitrogen and oxygen atoms in total. The topological polar surface area (TPSA) is 46.5 Å². The number of hydrogen-bond donors (Lipinski definition) is 1. The van der Waals surface area contributed by atoms with Crippen LogP contribution in [0.25, 0.3) is 0 Å². The van der Waals surface area contributed by atoms with Gasteiger partial charge in [0, 0.05) is 5.92 Å². The summed E-state index contributed by atoms with van der Waals surface area (Å²) in [5, 5.41) is 9.45. The number of allylic oxidation sites excluding steroid dienone is 1. The molecule has 1 aliphatic heterocycles. The molecule has 3 heteroatoms. The highest BCUT2D eigenvalue weighted by atomic mass is 16.6. The second-order valence-corrected chi connectivity index (χ2v) is 3.89. The van der Waals surface area contributed by atoms with E-state index in [1.165, 1.54) is 0 Å². The van der Waals surface area contributed by atoms with Crippen molar-refractivity contribution in [3.05, 3.63) is 12.7 Å². The van der Waals surface area contributed by atoms with Crippen molar-refractivity contribution in [2.75, 3.05) is 0 Å². The third-order valence-electron chi connectivity index (χ3n) is 3.13. The van der Waals surface area contributed by atoms with Crippen LogP contribution in [0.2, 0.25) is 0 Å². The van der Waals surface area contributed by atoms with Gasteiger partial charge in [0.1, 0.15) is 6.10 Å². The first-order valence-corrected chi connectivity index (χ1v) is 4.73. The Kier molecular flexibility index (Phi) is 2.12. The monoisotopic (exact) mass is 182 g/mol. The molecule has 1 heterocycles. The van der Waals surface area contributed by atoms with Crippen LogP contribution in [0.5, 0.6) is 0 Å². The van der Waals surface area contributed by atoms with Crippen LogP contribution >= 0.6 is 0 Å². The molecule has 0 spiro atoms. The molecule has 1 saturated carbocycles. The lowest BCUT2D eigenvalue weighted by Gasteiger charge is -2.28. The van der Waals surface area contributed by atoms with Gasteiger partial charge in [-0.25, -0.2) is 4.79 Å². The third kappa shape index (κ3) is 1.37. The number of aliphatic hydroxyl groups is 1. The van der Waals surface area contributed by atoms with Gasteiger partial charge in [-0.05, 0) is 25.2 Å². The molecule has 0 aromatic carbocycles. The Morgan fingerprint density at radius 3 is 3.00 bits per heavy atom. The number of fused-ring (bicyclic) bond motifs is 1. The predicted molar refractivity (Wildman–Crippen MR) is 46.9 cm³/mol. The molecule has 2 rings (SSSR count). The number of carbonyl (C=O) groups is 1. The fraction of sp³-hybridized carbons (Fsp3) is 0.700. The average molecular weight is 182 g/mol. The molecule has 1 saturated heterocycles. The SMILES string of the molecule is C=CC1CCC2C(C1)OC(=O)C2O. The van der Waals surface area contributed by atoms with Crippen molar-refractivity contribution in [2.45, 2.75) is 31.5 Å². The largest absolute Gasteiger partial charge is 0.460 e. The number of aliphatic hydroxyl groups excluding tert-OH is 1. The number of rotatable bonds is 1. The second kappa shape index (κ2) is 3.14. The van der Waals surface area contributed by atoms with Gasteiger partial charge < -0.3 is 9.84 Å². The van der Waals surface area contributed by atoms with Crippen LogP contribution in [0.15, 0.2) is 12.7 Å². The molecule has 4 atom stereocenters. The summed E-state index contributed by atoms with van der Waals surface area (Å²) in [7, 11) is 0. The van der Waals surface area contributed by atoms with Gasteiger partial charge in [0.15, 0.2) is 6.10 Å². The molecule has 0 radical (unpaired) electrons. The second-order valence-electron chi connectivity index (χ2n) is 3.89. The molecule has 0 aromatic rings. The van der Waals surface area contributed by atoms with E-state index in [2.05, 4.69) is 6.58 Å². The maximum absolute atomic E-state index is 11.0. The van der Waals surface area contributed by atoms with E-state index < -0.39 is 12.1 Å². The Hall–Kier alpha value is -0.830. The number of carbonyl (C=O) groups excluding carboxylic acids is 1. The Morgan fingerprint density at radius 2 is 2.31 bits per heavy atom. The highest BCUT2D eigenvalue weighted by Crippen LogP contribution is 2.38. The molecule has 2 fully saturated rings. The summed E-state index contributed by atoms with van der Waals surface area (Å²) in [5.74, 6) is 0.0303. The summed E-state index contributed by atoms with van der Waals surface area (Å²) in [6, 6.07) is 0. The Labute approximate surface area is 77.4 Å². The zero-order valence-electron chi connectivity index (χ0n) is 7.48. The van der Waals surface area contributed by atoms with E-state index in [0.717, 1.165) is 19.3 Å². The van der Waals surface area contributed by atoms with Gasteiger partial charge in [0.2, 0.25) is 0 Å². The standard InChI is InChI=1S/C10H14O3/c1-2-6-3-4-7-8(5-6)13-10(12)9(7)11/h2,6-9,11H,1,3-5H2. The third-order valence-corrected chi connectivity index (χ3v) is 3.13. The van der Waals surface area contributed by atoms with Crippen molar-refractivity contribution in [2.24, 2.45) is 11.8 Å². The van der Waals surface area contributed by atoms with Crippen LogP contribution in [0.1, 0.15) is 19.3 Å². The van der Waals surface area contributed by atoms with Crippen LogP contribution in [-0.2, 0) is 9.53 Å². The number of ether oxygens (including phenoxy) is 1. The molecule has 4 unspecified atom stereocenters. The van der Waals surface area contributed by atoms with E-state index in [1.54, 1.807) is 0 Å². The first kappa shape index (κ1) is 8.75. The smallest absolute Gasteiger partial charge is 0.335 e. The van der Waals surface area contributed by atoms with Crippen molar-refractivity contribution >= 4 is 5.97 Å². The molecular formula is C10H14O3. The highest BCUT2D eigenvalue weighted by Gasteiger charge is 2.46. The molecule has 72 valence electrons. The summed E-state index contributed by atoms with van der Waals surface area (Å²) < 4.78 is 5.07. The fourth-order valence-electron chi connectivity index (χ4n) is 2.29. The summed E-state index contributed by atoms with van der Waals surface area (Å²) in [4.78, 5) is 11.0. The maximum Gasteiger partial charge on any atom is 0.335 e. The molecule has 0 bridgehead atoms. The van der Waals surface area contributed by atoms with E-state index in [9.17, 15) is 9.90 Å². The Bertz CT molecular complexity index is 236. The first-order chi connectivity index (χ1) is 6.22. The highest BCUT2D eigenvalue weighted by molar-refractivity contribution is 5.77. The van der Waals surface area contributed by atoms with Crippen molar-refractivity contribution in [1.82, 2.24) is 0 Å². The number of esters is 1. The van der Waals surface area contributed by atoms with E-state index in [0.29, 0.717) is 5.92 Å². The van der Waals surface area contributed by atoms with Crippen LogP contribution in [0.4, 0.5) is 0 Å². The number of hydrogen-bond acceptors (Lipinski definition) is 3. The van der Waals surface area contributed by atoms with Gasteiger partial charge in [-0.1, -0.05) is 6.08 Å². The Morgan fingerprint density at radius 1 is 1.54 bits per heavy atom. The maximum atomic E-state index is 11.0. The van der Waals surface area contributed by atoms with Crippen molar-refractivity contribution in [3.63, 3.8) is 0 Å². The van der Waals surface area contributed by atoms with Crippen molar-refractivity contribution in [1.29, 1.82) is 0 Å². The van der Waals surface area contributed by atoms with Gasteiger partial charge in [0.05, 0.1) is 0 Å². The summed E-state index contributed by atoms with van der Waals surface area (Å²) in [5.41, 5.74) is 0. The van der Waals surface area contributed by atoms with E-state index in [1.807, 2.05) is 6.08 Å². The fourth-order valence-corrected chi connectivity index (χ4v) is 2.29. The summed E-state index contributed by atoms with van der Waals surface area (Å²) in [6.07, 6.45) is 3.67. The van der Waals surface area contributed by atoms with Crippen LogP contribution < -0.4 is 0 Å². The minimum Gasteiger partial charge on any atom is -0.460 e. The molecule has 0 amide bonds. The lowest BCUT2D eigenvalue weighted by Crippen LogP contribution is -2.30. The van der Waals surface area contributed by atoms with E-state index >= 15 is 0 Å². The van der Waals surface area contributed by atoms with Crippen LogP contribution in [0.3, 0.4) is 0 Å². The quantitative estimate of drug-likeness (QED) is 0.483. The predicted octanol–water partition coefficient (Wildman–Crippen LogP) is 0.875. The molecule has 2 aliphatic rings. The molecule has 1 aliphatic carbocycles. The first-order valence-electron chi connectivity index (χ1n) is 4.73. The summed E-state index contributed by atoms with van der Waals surface area (Å²) >= 11 is 0. The normalized spacial score (nSPS) is 43.9. The van der Waals surface area contributed by atoms with Gasteiger partial charge in [-0.15, -0.1) is 6.58 Å². The lowest BCUT2D eigenvalue weighted by atomic mass is 9.79. The zero-order valence-corrected chi connectivity index (χ0v) is 7.48. The molecule has 0 aromatic heterocycles. The minimum atomic E-state index is -0.879. The minimum absolute atomic E-state index is 0.0312. The van der Waals surface area contributed by atoms with Crippen LogP contribution in [-0.4, -0.2) is 23.3 Å². The molecular weight excluding hydrogens is 168 g/mol. The van der Waals surface area contributed by atoms with Gasteiger partial charge in [-0.3, -0.25) is 0 Å². The van der Waals surface area contributed by atoms with Gasteiger partial charge in [0.25, 0.3) is 0 Å². The molecule has 1 N–H and O–H groups in total. The van der Waals surface area contributed by atoms with Gasteiger partial charge >= 0.3 is 5.97 Å². The van der Waals surface area contributed by atoms with E-state index in [-0.39, 0.29) is 12.0 Å². The van der Waals surface area contributed by atoms with Gasteiger partial charge in [-0.2, -0.15) is 0 Å². The van der Waals surface area contributed by atoms with Crippen molar-refractivity contribution in [3.8, 4) is 0 Å². The summed E-state index contributed by atoms with van der Waals surface area (Å²) in [6.45, 7) is 3.73. The van der Waals surface area contributed by atoms with E-state index in [4.69, 9.17) is 4.74 Å². The average Bonchev–Trinajstić information content (AvgIpc) is 2.42. The Balaban J connectivity index is 2.07.